The zero-order chi connectivity index (χ0) is 40.7. The number of benzene rings is 5. The molecule has 0 aliphatic heterocycles. The van der Waals surface area contributed by atoms with E-state index in [0.717, 1.165) is 27.8 Å². The molecule has 0 saturated heterocycles. The normalized spacial score (nSPS) is 11.9. The molecule has 0 radical (unpaired) electrons. The van der Waals surface area contributed by atoms with Gasteiger partial charge in [0.25, 0.3) is 0 Å². The monoisotopic (exact) mass is 788 g/mol. The molecule has 0 saturated carbocycles. The molecule has 5 aromatic carbocycles. The first kappa shape index (κ1) is 42.0. The highest BCUT2D eigenvalue weighted by Gasteiger charge is 2.39. The van der Waals surface area contributed by atoms with Crippen LogP contribution < -0.4 is 24.8 Å². The molecule has 1 unspecified atom stereocenters. The number of hydrogen-bond acceptors (Lipinski definition) is 9. The van der Waals surface area contributed by atoms with Crippen molar-refractivity contribution >= 4 is 42.1 Å². The van der Waals surface area contributed by atoms with Gasteiger partial charge in [0.05, 0.1) is 25.5 Å². The van der Waals surface area contributed by atoms with Gasteiger partial charge >= 0.3 is 12.2 Å². The van der Waals surface area contributed by atoms with Crippen LogP contribution >= 0.6 is 11.8 Å². The molecule has 2 N–H and O–H groups in total. The van der Waals surface area contributed by atoms with Gasteiger partial charge in [-0.15, -0.1) is 11.8 Å². The van der Waals surface area contributed by atoms with Crippen LogP contribution in [0.5, 0.6) is 17.2 Å². The summed E-state index contributed by atoms with van der Waals surface area (Å²) in [6, 6.07) is 41.7. The number of hydrogen-bond donors (Lipinski definition) is 2. The fourth-order valence-corrected chi connectivity index (χ4v) is 7.49. The van der Waals surface area contributed by atoms with Gasteiger partial charge in [0.1, 0.15) is 35.5 Å². The number of nitrogens with one attached hydrogen (secondary N) is 2. The van der Waals surface area contributed by atoms with E-state index in [9.17, 15) is 14.4 Å². The molecule has 0 heterocycles. The van der Waals surface area contributed by atoms with Crippen LogP contribution in [0.2, 0.25) is 0 Å². The van der Waals surface area contributed by atoms with Crippen molar-refractivity contribution in [2.45, 2.75) is 37.2 Å². The highest BCUT2D eigenvalue weighted by atomic mass is 32.2. The Hall–Kier alpha value is -6.20. The predicted octanol–water partition coefficient (Wildman–Crippen LogP) is 9.12. The van der Waals surface area contributed by atoms with E-state index in [-0.39, 0.29) is 18.9 Å². The van der Waals surface area contributed by atoms with Gasteiger partial charge in [0, 0.05) is 11.8 Å². The number of alkyl carbamates (subject to hydrolysis) is 1. The topological polar surface area (TPSA) is 121 Å². The van der Waals surface area contributed by atoms with Crippen LogP contribution in [0.4, 0.5) is 9.59 Å². The molecule has 1 atom stereocenters. The lowest BCUT2D eigenvalue weighted by Gasteiger charge is -2.36. The van der Waals surface area contributed by atoms with E-state index in [2.05, 4.69) is 47.0 Å². The van der Waals surface area contributed by atoms with E-state index in [4.69, 9.17) is 23.7 Å². The van der Waals surface area contributed by atoms with E-state index in [1.165, 1.54) is 11.8 Å². The second-order valence-corrected chi connectivity index (χ2v) is 15.1. The fraction of sp³-hybridized carbons (Fsp3) is 0.239. The van der Waals surface area contributed by atoms with Crippen LogP contribution in [0, 0.1) is 0 Å². The molecule has 5 rings (SSSR count). The van der Waals surface area contributed by atoms with Crippen molar-refractivity contribution in [3.8, 4) is 17.2 Å². The Balaban J connectivity index is 1.22. The van der Waals surface area contributed by atoms with Crippen molar-refractivity contribution in [1.29, 1.82) is 0 Å². The molecule has 2 amide bonds. The second kappa shape index (κ2) is 20.1. The molecule has 0 bridgehead atoms. The smallest absolute Gasteiger partial charge is 0.497 e. The van der Waals surface area contributed by atoms with Crippen LogP contribution in [0.25, 0.3) is 12.2 Å². The Morgan fingerprint density at radius 3 is 1.67 bits per heavy atom. The molecule has 5 aromatic rings. The molecule has 0 aliphatic rings. The first-order valence-electron chi connectivity index (χ1n) is 18.4. The highest BCUT2D eigenvalue weighted by molar-refractivity contribution is 8.00. The van der Waals surface area contributed by atoms with Gasteiger partial charge in [-0.3, -0.25) is 4.79 Å². The van der Waals surface area contributed by atoms with E-state index in [0.29, 0.717) is 17.2 Å². The van der Waals surface area contributed by atoms with Crippen LogP contribution in [0.3, 0.4) is 0 Å². The molecule has 296 valence electrons. The maximum Gasteiger partial charge on any atom is 0.513 e. The predicted molar refractivity (Wildman–Crippen MR) is 225 cm³/mol. The molecule has 57 heavy (non-hydrogen) atoms. The van der Waals surface area contributed by atoms with Gasteiger partial charge in [0.2, 0.25) is 5.91 Å². The van der Waals surface area contributed by atoms with Gasteiger partial charge in [-0.2, -0.15) is 0 Å². The second-order valence-electron chi connectivity index (χ2n) is 13.8. The molecular formula is C46H48N2O8S. The van der Waals surface area contributed by atoms with Crippen LogP contribution in [0.15, 0.2) is 133 Å². The quantitative estimate of drug-likeness (QED) is 0.0332. The third kappa shape index (κ3) is 12.1. The summed E-state index contributed by atoms with van der Waals surface area (Å²) >= 11 is 1.52. The molecule has 0 spiro atoms. The number of rotatable bonds is 16. The lowest BCUT2D eigenvalue weighted by atomic mass is 9.84. The minimum absolute atomic E-state index is 0.0227. The number of ether oxygens (including phenoxy) is 5. The zero-order valence-corrected chi connectivity index (χ0v) is 33.5. The minimum atomic E-state index is -1.01. The van der Waals surface area contributed by atoms with Crippen molar-refractivity contribution in [2.75, 3.05) is 33.1 Å². The average molecular weight is 789 g/mol. The number of carbonyl (C=O) groups is 3. The van der Waals surface area contributed by atoms with Crippen molar-refractivity contribution in [3.05, 3.63) is 161 Å². The van der Waals surface area contributed by atoms with Gasteiger partial charge in [-0.25, -0.2) is 9.59 Å². The molecule has 10 nitrogen and oxygen atoms in total. The van der Waals surface area contributed by atoms with E-state index < -0.39 is 34.5 Å². The van der Waals surface area contributed by atoms with Crippen molar-refractivity contribution in [2.24, 2.45) is 0 Å². The fourth-order valence-electron chi connectivity index (χ4n) is 5.93. The Morgan fingerprint density at radius 1 is 0.667 bits per heavy atom. The molecular weight excluding hydrogens is 741 g/mol. The lowest BCUT2D eigenvalue weighted by molar-refractivity contribution is -0.122. The maximum atomic E-state index is 13.8. The largest absolute Gasteiger partial charge is 0.513 e. The summed E-state index contributed by atoms with van der Waals surface area (Å²) in [6.07, 6.45) is 2.18. The highest BCUT2D eigenvalue weighted by Crippen LogP contribution is 2.48. The van der Waals surface area contributed by atoms with Crippen LogP contribution in [-0.4, -0.2) is 62.9 Å². The lowest BCUT2D eigenvalue weighted by Crippen LogP contribution is -2.50. The van der Waals surface area contributed by atoms with Gasteiger partial charge < -0.3 is 34.3 Å². The Bertz CT molecular complexity index is 1970. The number of methoxy groups -OCH3 is 2. The molecule has 0 aliphatic carbocycles. The molecule has 0 fully saturated rings. The maximum absolute atomic E-state index is 13.8. The Kier molecular flexibility index (Phi) is 14.8. The summed E-state index contributed by atoms with van der Waals surface area (Å²) in [5.41, 5.74) is 4.02. The van der Waals surface area contributed by atoms with Crippen LogP contribution in [0.1, 0.15) is 48.6 Å². The summed E-state index contributed by atoms with van der Waals surface area (Å²) in [5.74, 6) is 1.36. The molecule has 11 heteroatoms. The van der Waals surface area contributed by atoms with Gasteiger partial charge in [-0.1, -0.05) is 115 Å². The summed E-state index contributed by atoms with van der Waals surface area (Å²) in [4.78, 5) is 39.3. The van der Waals surface area contributed by atoms with E-state index in [1.54, 1.807) is 65.3 Å². The summed E-state index contributed by atoms with van der Waals surface area (Å²) < 4.78 is 26.1. The Labute approximate surface area is 338 Å². The van der Waals surface area contributed by atoms with Crippen molar-refractivity contribution in [3.63, 3.8) is 0 Å². The Morgan fingerprint density at radius 2 is 1.18 bits per heavy atom. The zero-order valence-electron chi connectivity index (χ0n) is 32.7. The standard InChI is InChI=1S/C46H48N2O8S/c1-45(2,3)56-43(50)48-41(32-57-46(35-15-9-6-10-16-35,36-17-11-7-12-18-36)37-19-13-8-14-20-37)42(49)47-27-28-54-44(51)55-38-25-23-33(24-26-38)21-22-34-29-39(52-4)31-40(30-34)53-5/h6-26,29-31,41H,27-28,32H2,1-5H3,(H,47,49)(H,48,50)/b22-21+. The van der Waals surface area contributed by atoms with Gasteiger partial charge in [0.15, 0.2) is 0 Å². The first-order chi connectivity index (χ1) is 27.5. The van der Waals surface area contributed by atoms with Crippen LogP contribution in [-0.2, 0) is 19.0 Å². The number of amides is 2. The summed E-state index contributed by atoms with van der Waals surface area (Å²) in [5, 5.41) is 5.57. The van der Waals surface area contributed by atoms with Crippen molar-refractivity contribution < 1.29 is 38.1 Å². The number of carbonyl (C=O) groups excluding carboxylic acids is 3. The van der Waals surface area contributed by atoms with Crippen molar-refractivity contribution in [1.82, 2.24) is 10.6 Å². The van der Waals surface area contributed by atoms with E-state index in [1.807, 2.05) is 78.9 Å². The summed E-state index contributed by atoms with van der Waals surface area (Å²) in [7, 11) is 3.19. The average Bonchev–Trinajstić information content (AvgIpc) is 3.22. The third-order valence-electron chi connectivity index (χ3n) is 8.56. The van der Waals surface area contributed by atoms with Gasteiger partial charge in [-0.05, 0) is 72.9 Å². The number of thioether (sulfide) groups is 1. The minimum Gasteiger partial charge on any atom is -0.497 e. The first-order valence-corrected chi connectivity index (χ1v) is 19.4. The molecule has 0 aromatic heterocycles. The third-order valence-corrected chi connectivity index (χ3v) is 10.2. The SMILES string of the molecule is COc1cc(/C=C/c2ccc(OC(=O)OCCNC(=O)C(CSC(c3ccccc3)(c3ccccc3)c3ccccc3)NC(=O)OC(C)(C)C)cc2)cc(OC)c1. The van der Waals surface area contributed by atoms with E-state index >= 15 is 0 Å². The summed E-state index contributed by atoms with van der Waals surface area (Å²) in [6.45, 7) is 5.08.